The molecule has 0 aromatic heterocycles. The van der Waals surface area contributed by atoms with Crippen LogP contribution in [0.1, 0.15) is 11.1 Å². The van der Waals surface area contributed by atoms with E-state index in [2.05, 4.69) is 44.2 Å². The Hall–Kier alpha value is -1.76. The van der Waals surface area contributed by atoms with Crippen molar-refractivity contribution in [3.05, 3.63) is 53.6 Å². The van der Waals surface area contributed by atoms with Crippen LogP contribution >= 0.6 is 0 Å². The molecule has 1 nitrogen and oxygen atoms in total. The molecule has 0 bridgehead atoms. The maximum atomic E-state index is 5.68. The van der Waals surface area contributed by atoms with Crippen LogP contribution in [0.5, 0.6) is 0 Å². The molecule has 0 amide bonds. The lowest BCUT2D eigenvalue weighted by Gasteiger charge is -2.09. The minimum absolute atomic E-state index is 0.810. The normalized spacial score (nSPS) is 10.3. The summed E-state index contributed by atoms with van der Waals surface area (Å²) in [7, 11) is 0. The van der Waals surface area contributed by atoms with E-state index in [1.807, 2.05) is 12.1 Å². The van der Waals surface area contributed by atoms with Crippen LogP contribution in [0, 0.1) is 13.8 Å². The van der Waals surface area contributed by atoms with Crippen molar-refractivity contribution in [2.24, 2.45) is 0 Å². The second-order valence-electron chi connectivity index (χ2n) is 3.89. The monoisotopic (exact) mass is 197 g/mol. The van der Waals surface area contributed by atoms with Gasteiger partial charge in [-0.3, -0.25) is 0 Å². The van der Waals surface area contributed by atoms with Gasteiger partial charge in [-0.1, -0.05) is 30.3 Å². The Labute approximate surface area is 90.6 Å². The molecular weight excluding hydrogens is 182 g/mol. The van der Waals surface area contributed by atoms with Crippen LogP contribution in [0.25, 0.3) is 11.1 Å². The lowest BCUT2D eigenvalue weighted by molar-refractivity contribution is 1.38. The SMILES string of the molecule is Cc1cccc(C)c1-c1ccc(N)cc1. The fraction of sp³-hybridized carbons (Fsp3) is 0.143. The molecule has 2 rings (SSSR count). The lowest BCUT2D eigenvalue weighted by Crippen LogP contribution is -1.89. The first-order chi connectivity index (χ1) is 7.18. The van der Waals surface area contributed by atoms with Crippen LogP contribution in [-0.4, -0.2) is 0 Å². The summed E-state index contributed by atoms with van der Waals surface area (Å²) in [5.74, 6) is 0. The van der Waals surface area contributed by atoms with Gasteiger partial charge >= 0.3 is 0 Å². The Bertz CT molecular complexity index is 449. The average molecular weight is 197 g/mol. The molecule has 0 unspecified atom stereocenters. The second-order valence-corrected chi connectivity index (χ2v) is 3.89. The van der Waals surface area contributed by atoms with E-state index in [9.17, 15) is 0 Å². The summed E-state index contributed by atoms with van der Waals surface area (Å²) >= 11 is 0. The van der Waals surface area contributed by atoms with Gasteiger partial charge in [-0.05, 0) is 48.2 Å². The van der Waals surface area contributed by atoms with Crippen molar-refractivity contribution in [2.75, 3.05) is 5.73 Å². The molecule has 0 atom stereocenters. The Morgan fingerprint density at radius 1 is 0.800 bits per heavy atom. The molecule has 0 saturated carbocycles. The zero-order valence-electron chi connectivity index (χ0n) is 9.12. The highest BCUT2D eigenvalue weighted by molar-refractivity contribution is 5.71. The molecule has 0 spiro atoms. The standard InChI is InChI=1S/C14H15N/c1-10-4-3-5-11(2)14(10)12-6-8-13(15)9-7-12/h3-9H,15H2,1-2H3. The third kappa shape index (κ3) is 1.86. The van der Waals surface area contributed by atoms with Crippen molar-refractivity contribution in [1.82, 2.24) is 0 Å². The van der Waals surface area contributed by atoms with Crippen LogP contribution in [0.4, 0.5) is 5.69 Å². The average Bonchev–Trinajstić information content (AvgIpc) is 2.20. The van der Waals surface area contributed by atoms with Crippen LogP contribution in [0.2, 0.25) is 0 Å². The van der Waals surface area contributed by atoms with Gasteiger partial charge in [0.1, 0.15) is 0 Å². The van der Waals surface area contributed by atoms with Crippen molar-refractivity contribution in [3.63, 3.8) is 0 Å². The van der Waals surface area contributed by atoms with Gasteiger partial charge in [0.15, 0.2) is 0 Å². The largest absolute Gasteiger partial charge is 0.399 e. The first kappa shape index (κ1) is 9.78. The van der Waals surface area contributed by atoms with Gasteiger partial charge in [-0.15, -0.1) is 0 Å². The van der Waals surface area contributed by atoms with E-state index in [0.717, 1.165) is 5.69 Å². The molecule has 0 aliphatic rings. The summed E-state index contributed by atoms with van der Waals surface area (Å²) in [6.07, 6.45) is 0. The number of rotatable bonds is 1. The summed E-state index contributed by atoms with van der Waals surface area (Å²) in [5.41, 5.74) is 11.7. The maximum Gasteiger partial charge on any atom is 0.0314 e. The first-order valence-corrected chi connectivity index (χ1v) is 5.10. The number of anilines is 1. The minimum atomic E-state index is 0.810. The molecule has 0 radical (unpaired) electrons. The highest BCUT2D eigenvalue weighted by atomic mass is 14.5. The summed E-state index contributed by atoms with van der Waals surface area (Å²) < 4.78 is 0. The van der Waals surface area contributed by atoms with Gasteiger partial charge in [0.2, 0.25) is 0 Å². The predicted octanol–water partition coefficient (Wildman–Crippen LogP) is 3.55. The quantitative estimate of drug-likeness (QED) is 0.695. The smallest absolute Gasteiger partial charge is 0.0314 e. The summed E-state index contributed by atoms with van der Waals surface area (Å²) in [6.45, 7) is 4.28. The molecular formula is C14H15N. The number of nitrogen functional groups attached to an aromatic ring is 1. The molecule has 0 heterocycles. The van der Waals surface area contributed by atoms with E-state index in [1.54, 1.807) is 0 Å². The molecule has 0 aliphatic carbocycles. The molecule has 0 aliphatic heterocycles. The third-order valence-corrected chi connectivity index (χ3v) is 2.68. The highest BCUT2D eigenvalue weighted by Crippen LogP contribution is 2.27. The van der Waals surface area contributed by atoms with E-state index in [1.165, 1.54) is 22.3 Å². The van der Waals surface area contributed by atoms with Crippen molar-refractivity contribution in [3.8, 4) is 11.1 Å². The Morgan fingerprint density at radius 3 is 1.87 bits per heavy atom. The topological polar surface area (TPSA) is 26.0 Å². The Morgan fingerprint density at radius 2 is 1.33 bits per heavy atom. The van der Waals surface area contributed by atoms with E-state index < -0.39 is 0 Å². The maximum absolute atomic E-state index is 5.68. The van der Waals surface area contributed by atoms with Gasteiger partial charge in [0.25, 0.3) is 0 Å². The Balaban J connectivity index is 2.58. The number of hydrogen-bond donors (Lipinski definition) is 1. The van der Waals surface area contributed by atoms with Gasteiger partial charge in [-0.2, -0.15) is 0 Å². The number of hydrogen-bond acceptors (Lipinski definition) is 1. The van der Waals surface area contributed by atoms with Crippen LogP contribution in [0.3, 0.4) is 0 Å². The number of benzene rings is 2. The second kappa shape index (κ2) is 3.77. The molecule has 15 heavy (non-hydrogen) atoms. The first-order valence-electron chi connectivity index (χ1n) is 5.10. The molecule has 1 heteroatoms. The van der Waals surface area contributed by atoms with Crippen LogP contribution in [0.15, 0.2) is 42.5 Å². The minimum Gasteiger partial charge on any atom is -0.399 e. The summed E-state index contributed by atoms with van der Waals surface area (Å²) in [6, 6.07) is 14.4. The number of aryl methyl sites for hydroxylation is 2. The van der Waals surface area contributed by atoms with Gasteiger partial charge in [-0.25, -0.2) is 0 Å². The summed E-state index contributed by atoms with van der Waals surface area (Å²) in [4.78, 5) is 0. The molecule has 0 saturated heterocycles. The molecule has 2 N–H and O–H groups in total. The zero-order valence-corrected chi connectivity index (χ0v) is 9.12. The van der Waals surface area contributed by atoms with E-state index >= 15 is 0 Å². The van der Waals surface area contributed by atoms with E-state index in [-0.39, 0.29) is 0 Å². The van der Waals surface area contributed by atoms with Crippen LogP contribution < -0.4 is 5.73 Å². The predicted molar refractivity (Wildman–Crippen MR) is 65.8 cm³/mol. The molecule has 0 fully saturated rings. The van der Waals surface area contributed by atoms with Crippen molar-refractivity contribution >= 4 is 5.69 Å². The fourth-order valence-corrected chi connectivity index (χ4v) is 1.92. The van der Waals surface area contributed by atoms with Gasteiger partial charge < -0.3 is 5.73 Å². The highest BCUT2D eigenvalue weighted by Gasteiger charge is 2.03. The summed E-state index contributed by atoms with van der Waals surface area (Å²) in [5, 5.41) is 0. The third-order valence-electron chi connectivity index (χ3n) is 2.68. The molecule has 2 aromatic rings. The Kier molecular flexibility index (Phi) is 2.46. The zero-order chi connectivity index (χ0) is 10.8. The van der Waals surface area contributed by atoms with Crippen molar-refractivity contribution in [2.45, 2.75) is 13.8 Å². The molecule has 76 valence electrons. The van der Waals surface area contributed by atoms with E-state index in [4.69, 9.17) is 5.73 Å². The van der Waals surface area contributed by atoms with E-state index in [0.29, 0.717) is 0 Å². The van der Waals surface area contributed by atoms with Gasteiger partial charge in [0.05, 0.1) is 0 Å². The lowest BCUT2D eigenvalue weighted by atomic mass is 9.96. The van der Waals surface area contributed by atoms with Crippen LogP contribution in [-0.2, 0) is 0 Å². The fourth-order valence-electron chi connectivity index (χ4n) is 1.92. The van der Waals surface area contributed by atoms with Gasteiger partial charge in [0, 0.05) is 5.69 Å². The van der Waals surface area contributed by atoms with Crippen molar-refractivity contribution in [1.29, 1.82) is 0 Å². The van der Waals surface area contributed by atoms with Crippen molar-refractivity contribution < 1.29 is 0 Å². The molecule has 2 aromatic carbocycles. The number of nitrogens with two attached hydrogens (primary N) is 1.